The minimum Gasteiger partial charge on any atom is -0.304 e. The summed E-state index contributed by atoms with van der Waals surface area (Å²) in [5.74, 6) is 0.806. The van der Waals surface area contributed by atoms with E-state index in [9.17, 15) is 0 Å². The van der Waals surface area contributed by atoms with Gasteiger partial charge in [-0.2, -0.15) is 5.10 Å². The molecule has 0 bridgehead atoms. The second-order valence-electron chi connectivity index (χ2n) is 5.18. The van der Waals surface area contributed by atoms with Crippen LogP contribution in [0.3, 0.4) is 0 Å². The fraction of sp³-hybridized carbons (Fsp3) is 0.909. The normalized spacial score (nSPS) is 43.2. The van der Waals surface area contributed by atoms with E-state index in [-0.39, 0.29) is 5.54 Å². The second-order valence-corrected chi connectivity index (χ2v) is 6.12. The molecule has 0 saturated heterocycles. The van der Waals surface area contributed by atoms with Crippen molar-refractivity contribution in [2.45, 2.75) is 57.1 Å². The number of rotatable bonds is 1. The molecule has 4 unspecified atom stereocenters. The van der Waals surface area contributed by atoms with Crippen molar-refractivity contribution in [1.29, 1.82) is 0 Å². The second kappa shape index (κ2) is 3.81. The average molecular weight is 212 g/mol. The topological polar surface area (TPSA) is 24.4 Å². The molecule has 80 valence electrons. The SMILES string of the molecule is CC1=NNC(C)(C2CCCC(P)C2)C1. The van der Waals surface area contributed by atoms with Crippen LogP contribution in [0.5, 0.6) is 0 Å². The van der Waals surface area contributed by atoms with Gasteiger partial charge >= 0.3 is 0 Å². The maximum Gasteiger partial charge on any atom is 0.0601 e. The molecule has 1 fully saturated rings. The summed E-state index contributed by atoms with van der Waals surface area (Å²) >= 11 is 0. The first kappa shape index (κ1) is 10.4. The minimum atomic E-state index is 0.249. The molecule has 1 saturated carbocycles. The van der Waals surface area contributed by atoms with Crippen LogP contribution < -0.4 is 5.43 Å². The fourth-order valence-corrected chi connectivity index (χ4v) is 3.44. The van der Waals surface area contributed by atoms with Crippen molar-refractivity contribution in [2.75, 3.05) is 0 Å². The lowest BCUT2D eigenvalue weighted by atomic mass is 9.74. The highest BCUT2D eigenvalue weighted by Gasteiger charge is 2.39. The summed E-state index contributed by atoms with van der Waals surface area (Å²) in [6.07, 6.45) is 6.62. The molecule has 0 aromatic carbocycles. The van der Waals surface area contributed by atoms with Gasteiger partial charge in [0.15, 0.2) is 0 Å². The maximum atomic E-state index is 4.35. The molecule has 2 rings (SSSR count). The van der Waals surface area contributed by atoms with Crippen LogP contribution in [0, 0.1) is 5.92 Å². The highest BCUT2D eigenvalue weighted by Crippen LogP contribution is 2.38. The van der Waals surface area contributed by atoms with Gasteiger partial charge in [0.25, 0.3) is 0 Å². The van der Waals surface area contributed by atoms with E-state index in [2.05, 4.69) is 33.6 Å². The lowest BCUT2D eigenvalue weighted by molar-refractivity contribution is 0.200. The molecule has 2 nitrogen and oxygen atoms in total. The first-order chi connectivity index (χ1) is 6.60. The van der Waals surface area contributed by atoms with Crippen molar-refractivity contribution in [3.8, 4) is 0 Å². The summed E-state index contributed by atoms with van der Waals surface area (Å²) in [4.78, 5) is 0. The predicted octanol–water partition coefficient (Wildman–Crippen LogP) is 2.55. The molecule has 0 spiro atoms. The Hall–Kier alpha value is -0.100. The Morgan fingerprint density at radius 3 is 2.86 bits per heavy atom. The van der Waals surface area contributed by atoms with E-state index in [1.165, 1.54) is 31.4 Å². The van der Waals surface area contributed by atoms with Crippen molar-refractivity contribution in [3.63, 3.8) is 0 Å². The molecule has 0 aromatic heterocycles. The van der Waals surface area contributed by atoms with Crippen LogP contribution in [0.25, 0.3) is 0 Å². The Balaban J connectivity index is 2.00. The van der Waals surface area contributed by atoms with E-state index in [4.69, 9.17) is 0 Å². The fourth-order valence-electron chi connectivity index (χ4n) is 2.88. The minimum absolute atomic E-state index is 0.249. The van der Waals surface area contributed by atoms with Gasteiger partial charge in [-0.3, -0.25) is 0 Å². The lowest BCUT2D eigenvalue weighted by Crippen LogP contribution is -2.45. The first-order valence-electron chi connectivity index (χ1n) is 5.66. The Kier molecular flexibility index (Phi) is 2.83. The molecule has 0 radical (unpaired) electrons. The van der Waals surface area contributed by atoms with Crippen LogP contribution in [0.2, 0.25) is 0 Å². The summed E-state index contributed by atoms with van der Waals surface area (Å²) in [7, 11) is 2.99. The molecule has 0 amide bonds. The summed E-state index contributed by atoms with van der Waals surface area (Å²) in [6.45, 7) is 4.46. The van der Waals surface area contributed by atoms with E-state index in [1.807, 2.05) is 0 Å². The van der Waals surface area contributed by atoms with E-state index in [1.54, 1.807) is 0 Å². The van der Waals surface area contributed by atoms with Gasteiger partial charge in [0.05, 0.1) is 5.54 Å². The van der Waals surface area contributed by atoms with Gasteiger partial charge < -0.3 is 5.43 Å². The van der Waals surface area contributed by atoms with Crippen molar-refractivity contribution in [2.24, 2.45) is 11.0 Å². The molecule has 1 aliphatic carbocycles. The van der Waals surface area contributed by atoms with Crippen LogP contribution in [0.4, 0.5) is 0 Å². The Morgan fingerprint density at radius 2 is 2.29 bits per heavy atom. The highest BCUT2D eigenvalue weighted by molar-refractivity contribution is 7.17. The monoisotopic (exact) mass is 212 g/mol. The van der Waals surface area contributed by atoms with Gasteiger partial charge in [-0.25, -0.2) is 0 Å². The largest absolute Gasteiger partial charge is 0.304 e. The molecule has 3 heteroatoms. The number of hydrogen-bond donors (Lipinski definition) is 1. The Bertz CT molecular complexity index is 252. The highest BCUT2D eigenvalue weighted by atomic mass is 31.0. The third-order valence-corrected chi connectivity index (χ3v) is 4.35. The number of nitrogens with zero attached hydrogens (tertiary/aromatic N) is 1. The van der Waals surface area contributed by atoms with E-state index in [0.29, 0.717) is 0 Å². The molecule has 1 N–H and O–H groups in total. The van der Waals surface area contributed by atoms with E-state index < -0.39 is 0 Å². The average Bonchev–Trinajstić information content (AvgIpc) is 2.48. The molecular formula is C11H21N2P. The summed E-state index contributed by atoms with van der Waals surface area (Å²) in [5, 5.41) is 4.35. The van der Waals surface area contributed by atoms with Gasteiger partial charge in [0.1, 0.15) is 0 Å². The number of hydrogen-bond acceptors (Lipinski definition) is 2. The van der Waals surface area contributed by atoms with Crippen LogP contribution in [0.15, 0.2) is 5.10 Å². The zero-order valence-corrected chi connectivity index (χ0v) is 10.4. The van der Waals surface area contributed by atoms with Crippen LogP contribution in [-0.2, 0) is 0 Å². The maximum absolute atomic E-state index is 4.35. The molecule has 14 heavy (non-hydrogen) atoms. The molecule has 1 aliphatic heterocycles. The van der Waals surface area contributed by atoms with E-state index in [0.717, 1.165) is 18.0 Å². The third kappa shape index (κ3) is 1.95. The predicted molar refractivity (Wildman–Crippen MR) is 64.7 cm³/mol. The lowest BCUT2D eigenvalue weighted by Gasteiger charge is -2.38. The van der Waals surface area contributed by atoms with Crippen LogP contribution in [0.1, 0.15) is 46.0 Å². The van der Waals surface area contributed by atoms with Crippen molar-refractivity contribution >= 4 is 15.0 Å². The summed E-state index contributed by atoms with van der Waals surface area (Å²) in [6, 6.07) is 0. The van der Waals surface area contributed by atoms with Gasteiger partial charge in [0.2, 0.25) is 0 Å². The van der Waals surface area contributed by atoms with Gasteiger partial charge in [-0.1, -0.05) is 6.42 Å². The summed E-state index contributed by atoms with van der Waals surface area (Å²) in [5.41, 5.74) is 5.69. The Labute approximate surface area is 89.1 Å². The molecule has 2 aliphatic rings. The Morgan fingerprint density at radius 1 is 1.50 bits per heavy atom. The smallest absolute Gasteiger partial charge is 0.0601 e. The third-order valence-electron chi connectivity index (χ3n) is 3.74. The van der Waals surface area contributed by atoms with E-state index >= 15 is 0 Å². The standard InChI is InChI=1S/C11H21N2P/c1-8-7-11(2,13-12-8)9-4-3-5-10(14)6-9/h9-10,13H,3-7,14H2,1-2H3. The molecular weight excluding hydrogens is 191 g/mol. The number of nitrogens with one attached hydrogen (secondary N) is 1. The molecule has 0 aromatic rings. The zero-order valence-electron chi connectivity index (χ0n) is 9.21. The number of hydrazone groups is 1. The molecule has 4 atom stereocenters. The molecule has 1 heterocycles. The first-order valence-corrected chi connectivity index (χ1v) is 6.33. The van der Waals surface area contributed by atoms with Crippen LogP contribution in [-0.4, -0.2) is 16.9 Å². The van der Waals surface area contributed by atoms with Crippen molar-refractivity contribution < 1.29 is 0 Å². The quantitative estimate of drug-likeness (QED) is 0.664. The van der Waals surface area contributed by atoms with Gasteiger partial charge in [0, 0.05) is 12.1 Å². The van der Waals surface area contributed by atoms with Gasteiger partial charge in [-0.15, -0.1) is 9.24 Å². The zero-order chi connectivity index (χ0) is 10.2. The summed E-state index contributed by atoms with van der Waals surface area (Å²) < 4.78 is 0. The van der Waals surface area contributed by atoms with Crippen LogP contribution >= 0.6 is 9.24 Å². The van der Waals surface area contributed by atoms with Crippen molar-refractivity contribution in [1.82, 2.24) is 5.43 Å². The van der Waals surface area contributed by atoms with Crippen molar-refractivity contribution in [3.05, 3.63) is 0 Å². The van der Waals surface area contributed by atoms with Gasteiger partial charge in [-0.05, 0) is 44.7 Å².